The van der Waals surface area contributed by atoms with E-state index in [1.54, 1.807) is 12.1 Å². The van der Waals surface area contributed by atoms with E-state index in [4.69, 9.17) is 0 Å². The first-order chi connectivity index (χ1) is 10.1. The fraction of sp³-hybridized carbons (Fsp3) is 0.333. The number of anilines is 1. The van der Waals surface area contributed by atoms with Crippen molar-refractivity contribution in [3.05, 3.63) is 65.5 Å². The van der Waals surface area contributed by atoms with Gasteiger partial charge in [-0.25, -0.2) is 4.39 Å². The van der Waals surface area contributed by atoms with Crippen LogP contribution in [0.2, 0.25) is 0 Å². The fourth-order valence-electron chi connectivity index (χ4n) is 3.08. The molecule has 0 aromatic heterocycles. The summed E-state index contributed by atoms with van der Waals surface area (Å²) in [5.74, 6) is -0.270. The van der Waals surface area contributed by atoms with Crippen molar-refractivity contribution in [3.63, 3.8) is 0 Å². The van der Waals surface area contributed by atoms with Crippen molar-refractivity contribution in [2.24, 2.45) is 0 Å². The highest BCUT2D eigenvalue weighted by atomic mass is 19.1. The molecule has 2 aromatic rings. The van der Waals surface area contributed by atoms with Gasteiger partial charge in [-0.15, -0.1) is 0 Å². The van der Waals surface area contributed by atoms with Crippen molar-refractivity contribution in [3.8, 4) is 0 Å². The van der Waals surface area contributed by atoms with E-state index >= 15 is 0 Å². The monoisotopic (exact) mass is 285 g/mol. The van der Waals surface area contributed by atoms with Gasteiger partial charge in [-0.1, -0.05) is 30.3 Å². The topological polar surface area (TPSA) is 23.5 Å². The van der Waals surface area contributed by atoms with E-state index in [2.05, 4.69) is 36.1 Å². The van der Waals surface area contributed by atoms with Crippen molar-refractivity contribution >= 4 is 5.69 Å². The largest absolute Gasteiger partial charge is 0.388 e. The first-order valence-corrected chi connectivity index (χ1v) is 7.43. The predicted molar refractivity (Wildman–Crippen MR) is 82.9 cm³/mol. The van der Waals surface area contributed by atoms with Crippen LogP contribution in [0, 0.1) is 5.82 Å². The number of nitrogens with zero attached hydrogens (tertiary/aromatic N) is 1. The molecule has 2 aromatic carbocycles. The summed E-state index contributed by atoms with van der Waals surface area (Å²) in [6.45, 7) is 3.01. The zero-order valence-electron chi connectivity index (χ0n) is 12.2. The molecule has 1 N–H and O–H groups in total. The van der Waals surface area contributed by atoms with Gasteiger partial charge in [0.2, 0.25) is 0 Å². The second-order valence-corrected chi connectivity index (χ2v) is 5.73. The molecule has 110 valence electrons. The first kappa shape index (κ1) is 14.1. The molecule has 0 fully saturated rings. The number of rotatable bonds is 4. The lowest BCUT2D eigenvalue weighted by molar-refractivity contribution is 0.169. The normalized spacial score (nSPS) is 18.6. The minimum atomic E-state index is -0.550. The van der Waals surface area contributed by atoms with Crippen LogP contribution < -0.4 is 4.90 Å². The SMILES string of the molecule is CC1Cc2ccccc2N1CCC(O)c1ccc(F)cc1. The van der Waals surface area contributed by atoms with Crippen LogP contribution in [0.25, 0.3) is 0 Å². The Hall–Kier alpha value is -1.87. The predicted octanol–water partition coefficient (Wildman–Crippen LogP) is 3.70. The van der Waals surface area contributed by atoms with E-state index in [1.807, 2.05) is 0 Å². The Bertz CT molecular complexity index is 611. The van der Waals surface area contributed by atoms with Gasteiger partial charge in [0.1, 0.15) is 5.82 Å². The van der Waals surface area contributed by atoms with E-state index in [9.17, 15) is 9.50 Å². The Kier molecular flexibility index (Phi) is 3.93. The molecule has 0 bridgehead atoms. The zero-order chi connectivity index (χ0) is 14.8. The van der Waals surface area contributed by atoms with Crippen LogP contribution >= 0.6 is 0 Å². The van der Waals surface area contributed by atoms with E-state index in [0.717, 1.165) is 18.5 Å². The summed E-state index contributed by atoms with van der Waals surface area (Å²) in [6, 6.07) is 15.0. The number of hydrogen-bond donors (Lipinski definition) is 1. The van der Waals surface area contributed by atoms with E-state index < -0.39 is 6.10 Å². The van der Waals surface area contributed by atoms with Crippen molar-refractivity contribution < 1.29 is 9.50 Å². The van der Waals surface area contributed by atoms with Crippen LogP contribution in [0.1, 0.15) is 30.6 Å². The summed E-state index contributed by atoms with van der Waals surface area (Å²) in [6.07, 6.45) is 1.15. The number of benzene rings is 2. The van der Waals surface area contributed by atoms with Gasteiger partial charge in [-0.2, -0.15) is 0 Å². The summed E-state index contributed by atoms with van der Waals surface area (Å²) in [4.78, 5) is 2.35. The van der Waals surface area contributed by atoms with Crippen molar-refractivity contribution in [1.29, 1.82) is 0 Å². The molecule has 2 unspecified atom stereocenters. The molecule has 1 aliphatic rings. The van der Waals surface area contributed by atoms with Crippen LogP contribution in [0.15, 0.2) is 48.5 Å². The van der Waals surface area contributed by atoms with E-state index in [-0.39, 0.29) is 5.82 Å². The minimum Gasteiger partial charge on any atom is -0.388 e. The average molecular weight is 285 g/mol. The molecular formula is C18H20FNO. The van der Waals surface area contributed by atoms with Gasteiger partial charge in [-0.05, 0) is 49.1 Å². The second kappa shape index (κ2) is 5.86. The van der Waals surface area contributed by atoms with Crippen molar-refractivity contribution in [1.82, 2.24) is 0 Å². The Morgan fingerprint density at radius 3 is 2.67 bits per heavy atom. The zero-order valence-corrected chi connectivity index (χ0v) is 12.2. The van der Waals surface area contributed by atoms with Crippen molar-refractivity contribution in [2.75, 3.05) is 11.4 Å². The molecule has 0 amide bonds. The first-order valence-electron chi connectivity index (χ1n) is 7.43. The third-order valence-corrected chi connectivity index (χ3v) is 4.25. The van der Waals surface area contributed by atoms with Gasteiger partial charge in [0.05, 0.1) is 6.10 Å². The summed E-state index contributed by atoms with van der Waals surface area (Å²) in [5, 5.41) is 10.3. The van der Waals surface area contributed by atoms with Crippen LogP contribution in [0.4, 0.5) is 10.1 Å². The maximum absolute atomic E-state index is 12.9. The van der Waals surface area contributed by atoms with Gasteiger partial charge in [0.25, 0.3) is 0 Å². The fourth-order valence-corrected chi connectivity index (χ4v) is 3.08. The standard InChI is InChI=1S/C18H20FNO/c1-13-12-15-4-2-3-5-17(15)20(13)11-10-18(21)14-6-8-16(19)9-7-14/h2-9,13,18,21H,10-12H2,1H3. The van der Waals surface area contributed by atoms with Gasteiger partial charge in [0.15, 0.2) is 0 Å². The molecule has 21 heavy (non-hydrogen) atoms. The summed E-state index contributed by atoms with van der Waals surface area (Å²) in [7, 11) is 0. The molecule has 2 atom stereocenters. The lowest BCUT2D eigenvalue weighted by atomic mass is 10.1. The Morgan fingerprint density at radius 2 is 1.90 bits per heavy atom. The molecular weight excluding hydrogens is 265 g/mol. The summed E-state index contributed by atoms with van der Waals surface area (Å²) in [5.41, 5.74) is 3.43. The van der Waals surface area contributed by atoms with Crippen molar-refractivity contribution in [2.45, 2.75) is 31.9 Å². The molecule has 1 aliphatic heterocycles. The number of halogens is 1. The molecule has 0 aliphatic carbocycles. The lowest BCUT2D eigenvalue weighted by Crippen LogP contribution is -2.31. The summed E-state index contributed by atoms with van der Waals surface area (Å²) >= 11 is 0. The maximum Gasteiger partial charge on any atom is 0.123 e. The second-order valence-electron chi connectivity index (χ2n) is 5.73. The molecule has 0 saturated carbocycles. The molecule has 3 heteroatoms. The molecule has 0 radical (unpaired) electrons. The van der Waals surface area contributed by atoms with Gasteiger partial charge in [-0.3, -0.25) is 0 Å². The molecule has 0 saturated heterocycles. The number of aliphatic hydroxyl groups excluding tert-OH is 1. The minimum absolute atomic E-state index is 0.270. The number of para-hydroxylation sites is 1. The summed E-state index contributed by atoms with van der Waals surface area (Å²) < 4.78 is 12.9. The quantitative estimate of drug-likeness (QED) is 0.926. The maximum atomic E-state index is 12.9. The van der Waals surface area contributed by atoms with E-state index in [0.29, 0.717) is 12.5 Å². The lowest BCUT2D eigenvalue weighted by Gasteiger charge is -2.26. The smallest absolute Gasteiger partial charge is 0.123 e. The Balaban J connectivity index is 1.66. The third kappa shape index (κ3) is 2.93. The van der Waals surface area contributed by atoms with Crippen LogP contribution in [0.3, 0.4) is 0 Å². The highest BCUT2D eigenvalue weighted by Gasteiger charge is 2.25. The molecule has 1 heterocycles. The molecule has 3 rings (SSSR count). The third-order valence-electron chi connectivity index (χ3n) is 4.25. The number of aliphatic hydroxyl groups is 1. The molecule has 0 spiro atoms. The van der Waals surface area contributed by atoms with Crippen LogP contribution in [-0.4, -0.2) is 17.7 Å². The van der Waals surface area contributed by atoms with Crippen LogP contribution in [0.5, 0.6) is 0 Å². The van der Waals surface area contributed by atoms with E-state index in [1.165, 1.54) is 23.4 Å². The average Bonchev–Trinajstić information content (AvgIpc) is 2.81. The Labute approximate surface area is 124 Å². The van der Waals surface area contributed by atoms with Gasteiger partial charge < -0.3 is 10.0 Å². The van der Waals surface area contributed by atoms with Gasteiger partial charge >= 0.3 is 0 Å². The number of hydrogen-bond acceptors (Lipinski definition) is 2. The molecule has 2 nitrogen and oxygen atoms in total. The highest BCUT2D eigenvalue weighted by molar-refractivity contribution is 5.59. The van der Waals surface area contributed by atoms with Gasteiger partial charge in [0, 0.05) is 18.3 Å². The highest BCUT2D eigenvalue weighted by Crippen LogP contribution is 2.32. The van der Waals surface area contributed by atoms with Crippen LogP contribution in [-0.2, 0) is 6.42 Å². The Morgan fingerprint density at radius 1 is 1.19 bits per heavy atom. The number of fused-ring (bicyclic) bond motifs is 1.